The molecule has 6 heteroatoms. The smallest absolute Gasteiger partial charge is 0.224 e. The van der Waals surface area contributed by atoms with Gasteiger partial charge in [0.25, 0.3) is 0 Å². The number of fused-ring (bicyclic) bond motifs is 1. The molecular weight excluding hydrogens is 452 g/mol. The molecule has 2 aromatic carbocycles. The largest absolute Gasteiger partial charge is 0.361 e. The van der Waals surface area contributed by atoms with Gasteiger partial charge in [0.05, 0.1) is 5.54 Å². The zero-order valence-corrected chi connectivity index (χ0v) is 21.4. The van der Waals surface area contributed by atoms with Crippen LogP contribution in [0.1, 0.15) is 41.3 Å². The SMILES string of the molecule is CN(C)C1(c2cccs2)CCN(C(=O)CC(NCc2ccc3cc[nH]c3c2)c2ccccc2)CC1. The average molecular weight is 487 g/mol. The van der Waals surface area contributed by atoms with Crippen molar-refractivity contribution in [2.75, 3.05) is 27.2 Å². The molecule has 0 saturated carbocycles. The number of nitrogens with one attached hydrogen (secondary N) is 2. The summed E-state index contributed by atoms with van der Waals surface area (Å²) in [6, 6.07) is 23.3. The molecule has 5 nitrogen and oxygen atoms in total. The summed E-state index contributed by atoms with van der Waals surface area (Å²) in [5, 5.41) is 7.04. The highest BCUT2D eigenvalue weighted by atomic mass is 32.1. The van der Waals surface area contributed by atoms with Crippen molar-refractivity contribution in [2.45, 2.75) is 37.4 Å². The number of piperidine rings is 1. The Morgan fingerprint density at radius 2 is 1.89 bits per heavy atom. The van der Waals surface area contributed by atoms with Gasteiger partial charge in [0, 0.05) is 48.7 Å². The van der Waals surface area contributed by atoms with Gasteiger partial charge < -0.3 is 15.2 Å². The predicted octanol–water partition coefficient (Wildman–Crippen LogP) is 5.53. The van der Waals surface area contributed by atoms with Crippen LogP contribution in [0.3, 0.4) is 0 Å². The van der Waals surface area contributed by atoms with Crippen LogP contribution in [0, 0.1) is 0 Å². The standard InChI is InChI=1S/C29H34N4OS/c1-32(2)29(27-9-6-18-35-27)13-16-33(17-14-29)28(34)20-26(23-7-4-3-5-8-23)31-21-22-10-11-24-12-15-30-25(24)19-22/h3-12,15,18-19,26,30-31H,13-14,16-17,20-21H2,1-2H3. The summed E-state index contributed by atoms with van der Waals surface area (Å²) in [7, 11) is 4.33. The van der Waals surface area contributed by atoms with Crippen molar-refractivity contribution in [3.05, 3.63) is 94.3 Å². The maximum Gasteiger partial charge on any atom is 0.224 e. The zero-order valence-electron chi connectivity index (χ0n) is 20.5. The van der Waals surface area contributed by atoms with E-state index in [0.29, 0.717) is 13.0 Å². The number of carbonyl (C=O) groups excluding carboxylic acids is 1. The van der Waals surface area contributed by atoms with E-state index in [9.17, 15) is 4.79 Å². The molecule has 1 unspecified atom stereocenters. The van der Waals surface area contributed by atoms with Crippen LogP contribution in [0.5, 0.6) is 0 Å². The molecule has 35 heavy (non-hydrogen) atoms. The minimum atomic E-state index is -0.0270. The predicted molar refractivity (Wildman–Crippen MR) is 144 cm³/mol. The van der Waals surface area contributed by atoms with Gasteiger partial charge in [-0.2, -0.15) is 0 Å². The molecule has 1 amide bonds. The minimum Gasteiger partial charge on any atom is -0.361 e. The molecule has 4 aromatic rings. The highest BCUT2D eigenvalue weighted by Gasteiger charge is 2.40. The van der Waals surface area contributed by atoms with Crippen molar-refractivity contribution >= 4 is 28.1 Å². The van der Waals surface area contributed by atoms with Gasteiger partial charge in [0.15, 0.2) is 0 Å². The number of aromatic nitrogens is 1. The molecule has 0 aliphatic carbocycles. The second-order valence-corrected chi connectivity index (χ2v) is 10.7. The average Bonchev–Trinajstić information content (AvgIpc) is 3.59. The van der Waals surface area contributed by atoms with Crippen molar-refractivity contribution in [2.24, 2.45) is 0 Å². The molecule has 2 aromatic heterocycles. The van der Waals surface area contributed by atoms with Crippen molar-refractivity contribution < 1.29 is 4.79 Å². The summed E-state index contributed by atoms with van der Waals surface area (Å²) in [5.41, 5.74) is 3.52. The number of benzene rings is 2. The fourth-order valence-electron chi connectivity index (χ4n) is 5.33. The fourth-order valence-corrected chi connectivity index (χ4v) is 6.39. The maximum atomic E-state index is 13.5. The number of H-pyrrole nitrogens is 1. The van der Waals surface area contributed by atoms with Gasteiger partial charge in [-0.3, -0.25) is 9.69 Å². The molecule has 1 aliphatic heterocycles. The summed E-state index contributed by atoms with van der Waals surface area (Å²) < 4.78 is 0. The molecule has 0 radical (unpaired) electrons. The minimum absolute atomic E-state index is 0.0263. The van der Waals surface area contributed by atoms with Crippen LogP contribution in [0.2, 0.25) is 0 Å². The van der Waals surface area contributed by atoms with Crippen LogP contribution < -0.4 is 5.32 Å². The van der Waals surface area contributed by atoms with E-state index in [-0.39, 0.29) is 17.5 Å². The lowest BCUT2D eigenvalue weighted by atomic mass is 9.84. The topological polar surface area (TPSA) is 51.4 Å². The van der Waals surface area contributed by atoms with Gasteiger partial charge in [-0.1, -0.05) is 48.5 Å². The first kappa shape index (κ1) is 23.8. The number of aromatic amines is 1. The number of likely N-dealkylation sites (tertiary alicyclic amines) is 1. The molecule has 0 bridgehead atoms. The van der Waals surface area contributed by atoms with E-state index in [2.05, 4.69) is 88.1 Å². The molecule has 1 atom stereocenters. The Morgan fingerprint density at radius 1 is 1.09 bits per heavy atom. The van der Waals surface area contributed by atoms with E-state index in [4.69, 9.17) is 0 Å². The van der Waals surface area contributed by atoms with Crippen molar-refractivity contribution in [3.8, 4) is 0 Å². The Hall–Kier alpha value is -2.93. The van der Waals surface area contributed by atoms with Crippen LogP contribution >= 0.6 is 11.3 Å². The molecule has 5 rings (SSSR count). The number of nitrogens with zero attached hydrogens (tertiary/aromatic N) is 2. The Kier molecular flexibility index (Phi) is 7.04. The number of thiophene rings is 1. The number of amides is 1. The molecule has 1 aliphatic rings. The molecule has 1 saturated heterocycles. The van der Waals surface area contributed by atoms with Gasteiger partial charge in [-0.25, -0.2) is 0 Å². The summed E-state index contributed by atoms with van der Waals surface area (Å²) in [6.45, 7) is 2.30. The molecule has 2 N–H and O–H groups in total. The number of carbonyl (C=O) groups is 1. The normalized spacial score (nSPS) is 16.6. The molecule has 0 spiro atoms. The first-order valence-electron chi connectivity index (χ1n) is 12.4. The molecule has 182 valence electrons. The second-order valence-electron chi connectivity index (χ2n) is 9.73. The van der Waals surface area contributed by atoms with E-state index in [1.807, 2.05) is 35.7 Å². The summed E-state index contributed by atoms with van der Waals surface area (Å²) in [5.74, 6) is 0.227. The zero-order chi connectivity index (χ0) is 24.3. The van der Waals surface area contributed by atoms with Gasteiger partial charge in [0.2, 0.25) is 5.91 Å². The highest BCUT2D eigenvalue weighted by molar-refractivity contribution is 7.10. The van der Waals surface area contributed by atoms with E-state index < -0.39 is 0 Å². The lowest BCUT2D eigenvalue weighted by Gasteiger charge is -2.46. The van der Waals surface area contributed by atoms with E-state index in [0.717, 1.165) is 37.0 Å². The number of hydrogen-bond donors (Lipinski definition) is 2. The third-order valence-electron chi connectivity index (χ3n) is 7.53. The van der Waals surface area contributed by atoms with E-state index >= 15 is 0 Å². The number of rotatable bonds is 8. The molecule has 1 fully saturated rings. The Morgan fingerprint density at radius 3 is 2.60 bits per heavy atom. The van der Waals surface area contributed by atoms with E-state index in [1.165, 1.54) is 15.8 Å². The van der Waals surface area contributed by atoms with Crippen LogP contribution in [-0.2, 0) is 16.9 Å². The van der Waals surface area contributed by atoms with Gasteiger partial charge in [-0.05, 0) is 67.0 Å². The molecule has 3 heterocycles. The van der Waals surface area contributed by atoms with Crippen molar-refractivity contribution in [3.63, 3.8) is 0 Å². The van der Waals surface area contributed by atoms with Crippen molar-refractivity contribution in [1.82, 2.24) is 20.1 Å². The Balaban J connectivity index is 1.26. The quantitative estimate of drug-likeness (QED) is 0.344. The highest BCUT2D eigenvalue weighted by Crippen LogP contribution is 2.40. The lowest BCUT2D eigenvalue weighted by molar-refractivity contribution is -0.134. The maximum absolute atomic E-state index is 13.5. The third kappa shape index (κ3) is 5.06. The summed E-state index contributed by atoms with van der Waals surface area (Å²) in [6.07, 6.45) is 4.36. The fraction of sp³-hybridized carbons (Fsp3) is 0.345. The Labute approximate surface area is 211 Å². The third-order valence-corrected chi connectivity index (χ3v) is 8.60. The van der Waals surface area contributed by atoms with Gasteiger partial charge >= 0.3 is 0 Å². The monoisotopic (exact) mass is 486 g/mol. The first-order chi connectivity index (χ1) is 17.0. The van der Waals surface area contributed by atoms with Gasteiger partial charge in [0.1, 0.15) is 0 Å². The van der Waals surface area contributed by atoms with Crippen LogP contribution in [-0.4, -0.2) is 47.9 Å². The summed E-state index contributed by atoms with van der Waals surface area (Å²) in [4.78, 5) is 22.6. The number of hydrogen-bond acceptors (Lipinski definition) is 4. The van der Waals surface area contributed by atoms with Crippen LogP contribution in [0.15, 0.2) is 78.3 Å². The van der Waals surface area contributed by atoms with Crippen LogP contribution in [0.25, 0.3) is 10.9 Å². The van der Waals surface area contributed by atoms with Crippen LogP contribution in [0.4, 0.5) is 0 Å². The summed E-state index contributed by atoms with van der Waals surface area (Å²) >= 11 is 1.82. The second kappa shape index (κ2) is 10.4. The lowest BCUT2D eigenvalue weighted by Crippen LogP contribution is -2.51. The van der Waals surface area contributed by atoms with Crippen molar-refractivity contribution in [1.29, 1.82) is 0 Å². The molecular formula is C29H34N4OS. The Bertz CT molecular complexity index is 1240. The first-order valence-corrected chi connectivity index (χ1v) is 13.3. The van der Waals surface area contributed by atoms with Gasteiger partial charge in [-0.15, -0.1) is 11.3 Å². The van der Waals surface area contributed by atoms with E-state index in [1.54, 1.807) is 0 Å².